The standard InChI is InChI=1S/C66H42N2/c1-4-11-43(12-5-1)45-23-30-55(31-24-45)67(56-32-25-46(26-33-56)44-13-6-2-7-14-44)57-34-37-59-52(40-57)21-20-51-39-49(28-35-58(51)59)50-29-38-62-61(41-50)66-60-36-27-48-16-10-15-47-19-22-53(65(60)64(47)48)42-63(66)68(62)54-17-8-3-9-18-54/h1-42H. The van der Waals surface area contributed by atoms with Gasteiger partial charge in [0.1, 0.15) is 0 Å². The van der Waals surface area contributed by atoms with Crippen LogP contribution in [0, 0.1) is 0 Å². The highest BCUT2D eigenvalue weighted by molar-refractivity contribution is 6.33. The Bertz CT molecular complexity index is 4110. The molecule has 2 nitrogen and oxygen atoms in total. The molecule has 0 N–H and O–H groups in total. The van der Waals surface area contributed by atoms with Crippen molar-refractivity contribution in [3.05, 3.63) is 255 Å². The van der Waals surface area contributed by atoms with Crippen molar-refractivity contribution in [3.63, 3.8) is 0 Å². The first-order valence-electron chi connectivity index (χ1n) is 23.5. The lowest BCUT2D eigenvalue weighted by Gasteiger charge is -2.26. The average Bonchev–Trinajstić information content (AvgIpc) is 3.74. The molecule has 0 aliphatic heterocycles. The van der Waals surface area contributed by atoms with Crippen molar-refractivity contribution in [2.45, 2.75) is 0 Å². The Morgan fingerprint density at radius 3 is 1.38 bits per heavy atom. The molecule has 0 radical (unpaired) electrons. The van der Waals surface area contributed by atoms with E-state index in [1.165, 1.54) is 115 Å². The molecule has 0 atom stereocenters. The average molecular weight is 863 g/mol. The molecule has 0 aliphatic carbocycles. The second-order valence-electron chi connectivity index (χ2n) is 18.1. The van der Waals surface area contributed by atoms with E-state index < -0.39 is 0 Å². The van der Waals surface area contributed by atoms with Crippen LogP contribution >= 0.6 is 0 Å². The van der Waals surface area contributed by atoms with Crippen LogP contribution in [0.4, 0.5) is 17.1 Å². The van der Waals surface area contributed by atoms with Gasteiger partial charge in [-0.25, -0.2) is 0 Å². The van der Waals surface area contributed by atoms with E-state index >= 15 is 0 Å². The van der Waals surface area contributed by atoms with E-state index in [-0.39, 0.29) is 0 Å². The summed E-state index contributed by atoms with van der Waals surface area (Å²) in [5.41, 5.74) is 14.2. The third kappa shape index (κ3) is 6.12. The SMILES string of the molecule is c1ccc(-c2ccc(N(c3ccc(-c4ccccc4)cc3)c3ccc4c(ccc5cc(-c6ccc7c(c6)c6c8ccc9cccc%10ccc(cc6n7-c6ccccc6)c8c%109)ccc54)c3)cc2)cc1. The number of aromatic nitrogens is 1. The van der Waals surface area contributed by atoms with Crippen LogP contribution in [0.25, 0.3) is 115 Å². The van der Waals surface area contributed by atoms with Gasteiger partial charge < -0.3 is 9.47 Å². The Hall–Kier alpha value is -8.98. The summed E-state index contributed by atoms with van der Waals surface area (Å²) < 4.78 is 2.45. The molecular formula is C66H42N2. The van der Waals surface area contributed by atoms with Crippen LogP contribution in [0.15, 0.2) is 255 Å². The van der Waals surface area contributed by atoms with Crippen LogP contribution in [0.2, 0.25) is 0 Å². The summed E-state index contributed by atoms with van der Waals surface area (Å²) in [7, 11) is 0. The maximum absolute atomic E-state index is 2.45. The predicted molar refractivity (Wildman–Crippen MR) is 290 cm³/mol. The van der Waals surface area contributed by atoms with Crippen molar-refractivity contribution in [3.8, 4) is 39.1 Å². The number of anilines is 3. The van der Waals surface area contributed by atoms with Crippen molar-refractivity contribution in [2.75, 3.05) is 4.90 Å². The molecule has 14 aromatic rings. The third-order valence-electron chi connectivity index (χ3n) is 14.3. The molecule has 0 saturated carbocycles. The van der Waals surface area contributed by atoms with E-state index in [2.05, 4.69) is 264 Å². The van der Waals surface area contributed by atoms with Gasteiger partial charge in [0.2, 0.25) is 0 Å². The summed E-state index contributed by atoms with van der Waals surface area (Å²) >= 11 is 0. The molecule has 14 rings (SSSR count). The van der Waals surface area contributed by atoms with Crippen LogP contribution in [0.3, 0.4) is 0 Å². The fraction of sp³-hybridized carbons (Fsp3) is 0. The first-order chi connectivity index (χ1) is 33.7. The Balaban J connectivity index is 0.880. The second kappa shape index (κ2) is 15.3. The van der Waals surface area contributed by atoms with Crippen molar-refractivity contribution in [1.29, 1.82) is 0 Å². The largest absolute Gasteiger partial charge is 0.310 e. The van der Waals surface area contributed by atoms with Gasteiger partial charge in [0, 0.05) is 33.5 Å². The van der Waals surface area contributed by atoms with Crippen molar-refractivity contribution in [2.24, 2.45) is 0 Å². The van der Waals surface area contributed by atoms with Gasteiger partial charge in [-0.2, -0.15) is 0 Å². The second-order valence-corrected chi connectivity index (χ2v) is 18.1. The molecular weight excluding hydrogens is 821 g/mol. The summed E-state index contributed by atoms with van der Waals surface area (Å²) in [5.74, 6) is 0. The minimum Gasteiger partial charge on any atom is -0.310 e. The predicted octanol–water partition coefficient (Wildman–Crippen LogP) is 18.5. The molecule has 0 bridgehead atoms. The number of nitrogens with zero attached hydrogens (tertiary/aromatic N) is 2. The van der Waals surface area contributed by atoms with Gasteiger partial charge >= 0.3 is 0 Å². The zero-order valence-electron chi connectivity index (χ0n) is 37.1. The number of hydrogen-bond donors (Lipinski definition) is 0. The normalized spacial score (nSPS) is 11.8. The lowest BCUT2D eigenvalue weighted by molar-refractivity contribution is 1.18. The summed E-state index contributed by atoms with van der Waals surface area (Å²) in [6, 6.07) is 93.7. The van der Waals surface area contributed by atoms with Gasteiger partial charge in [0.15, 0.2) is 0 Å². The Kier molecular flexibility index (Phi) is 8.62. The zero-order chi connectivity index (χ0) is 44.7. The minimum absolute atomic E-state index is 1.11. The van der Waals surface area contributed by atoms with Gasteiger partial charge in [-0.3, -0.25) is 0 Å². The monoisotopic (exact) mass is 862 g/mol. The number of benzene rings is 13. The topological polar surface area (TPSA) is 8.17 Å². The first-order valence-corrected chi connectivity index (χ1v) is 23.5. The highest BCUT2D eigenvalue weighted by Gasteiger charge is 2.20. The highest BCUT2D eigenvalue weighted by Crippen LogP contribution is 2.45. The quantitative estimate of drug-likeness (QED) is 0.145. The van der Waals surface area contributed by atoms with Gasteiger partial charge in [-0.05, 0) is 160 Å². The van der Waals surface area contributed by atoms with Crippen LogP contribution in [0.1, 0.15) is 0 Å². The maximum Gasteiger partial charge on any atom is 0.0553 e. The molecule has 0 fully saturated rings. The molecule has 1 heterocycles. The fourth-order valence-electron chi connectivity index (χ4n) is 11.0. The Morgan fingerprint density at radius 1 is 0.235 bits per heavy atom. The van der Waals surface area contributed by atoms with E-state index in [9.17, 15) is 0 Å². The van der Waals surface area contributed by atoms with Crippen LogP contribution < -0.4 is 4.90 Å². The van der Waals surface area contributed by atoms with Crippen LogP contribution in [0.5, 0.6) is 0 Å². The lowest BCUT2D eigenvalue weighted by atomic mass is 9.91. The molecule has 1 aromatic heterocycles. The van der Waals surface area contributed by atoms with Crippen LogP contribution in [-0.2, 0) is 0 Å². The molecule has 0 spiro atoms. The molecule has 13 aromatic carbocycles. The van der Waals surface area contributed by atoms with Crippen LogP contribution in [-0.4, -0.2) is 4.57 Å². The Labute approximate surface area is 394 Å². The van der Waals surface area contributed by atoms with E-state index in [1.807, 2.05) is 0 Å². The van der Waals surface area contributed by atoms with Gasteiger partial charge in [-0.1, -0.05) is 182 Å². The Morgan fingerprint density at radius 2 is 0.721 bits per heavy atom. The molecule has 316 valence electrons. The van der Waals surface area contributed by atoms with Gasteiger partial charge in [0.25, 0.3) is 0 Å². The van der Waals surface area contributed by atoms with Gasteiger partial charge in [0.05, 0.1) is 11.0 Å². The van der Waals surface area contributed by atoms with Crippen molar-refractivity contribution < 1.29 is 0 Å². The summed E-state index contributed by atoms with van der Waals surface area (Å²) in [4.78, 5) is 2.37. The number of fused-ring (bicyclic) bond motifs is 7. The molecule has 0 saturated heterocycles. The summed E-state index contributed by atoms with van der Waals surface area (Å²) in [6.45, 7) is 0. The van der Waals surface area contributed by atoms with E-state index in [0.717, 1.165) is 17.1 Å². The number of rotatable bonds is 7. The third-order valence-corrected chi connectivity index (χ3v) is 14.3. The molecule has 2 heteroatoms. The molecule has 0 unspecified atom stereocenters. The summed E-state index contributed by atoms with van der Waals surface area (Å²) in [5, 5.41) is 15.3. The van der Waals surface area contributed by atoms with Gasteiger partial charge in [-0.15, -0.1) is 0 Å². The summed E-state index contributed by atoms with van der Waals surface area (Å²) in [6.07, 6.45) is 0. The van der Waals surface area contributed by atoms with Crippen molar-refractivity contribution in [1.82, 2.24) is 4.57 Å². The van der Waals surface area contributed by atoms with Crippen molar-refractivity contribution >= 4 is 92.7 Å². The maximum atomic E-state index is 2.45. The molecule has 0 aliphatic rings. The molecule has 68 heavy (non-hydrogen) atoms. The highest BCUT2D eigenvalue weighted by atomic mass is 15.1. The lowest BCUT2D eigenvalue weighted by Crippen LogP contribution is -2.09. The minimum atomic E-state index is 1.11. The van der Waals surface area contributed by atoms with E-state index in [4.69, 9.17) is 0 Å². The van der Waals surface area contributed by atoms with E-state index in [1.54, 1.807) is 0 Å². The number of hydrogen-bond acceptors (Lipinski definition) is 1. The smallest absolute Gasteiger partial charge is 0.0553 e. The molecule has 0 amide bonds. The fourth-order valence-corrected chi connectivity index (χ4v) is 11.0. The number of para-hydroxylation sites is 1. The van der Waals surface area contributed by atoms with E-state index in [0.29, 0.717) is 0 Å². The first kappa shape index (κ1) is 38.3. The zero-order valence-corrected chi connectivity index (χ0v) is 37.1.